The second kappa shape index (κ2) is 7.86. The number of carboxylic acid groups (broad SMARTS) is 1. The van der Waals surface area contributed by atoms with Gasteiger partial charge < -0.3 is 20.1 Å². The van der Waals surface area contributed by atoms with Crippen LogP contribution < -0.4 is 5.32 Å². The molecule has 1 aromatic heterocycles. The van der Waals surface area contributed by atoms with Crippen molar-refractivity contribution in [3.63, 3.8) is 0 Å². The highest BCUT2D eigenvalue weighted by Crippen LogP contribution is 2.13. The van der Waals surface area contributed by atoms with Gasteiger partial charge in [-0.2, -0.15) is 0 Å². The third-order valence-electron chi connectivity index (χ3n) is 2.99. The van der Waals surface area contributed by atoms with Gasteiger partial charge in [0.1, 0.15) is 0 Å². The van der Waals surface area contributed by atoms with Crippen molar-refractivity contribution in [1.29, 1.82) is 0 Å². The number of carboxylic acids is 1. The molecule has 0 aromatic carbocycles. The summed E-state index contributed by atoms with van der Waals surface area (Å²) in [5.41, 5.74) is 0. The number of aliphatic carboxylic acids is 1. The lowest BCUT2D eigenvalue weighted by atomic mass is 10.2. The fourth-order valence-corrected chi connectivity index (χ4v) is 2.48. The van der Waals surface area contributed by atoms with Gasteiger partial charge in [0.25, 0.3) is 0 Å². The van der Waals surface area contributed by atoms with E-state index in [1.807, 2.05) is 24.4 Å². The zero-order chi connectivity index (χ0) is 15.1. The van der Waals surface area contributed by atoms with Crippen LogP contribution in [0.5, 0.6) is 0 Å². The maximum Gasteiger partial charge on any atom is 0.328 e. The molecule has 0 fully saturated rings. The van der Waals surface area contributed by atoms with Crippen molar-refractivity contribution >= 4 is 23.3 Å². The monoisotopic (exact) mass is 300 g/mol. The van der Waals surface area contributed by atoms with Crippen molar-refractivity contribution in [3.05, 3.63) is 22.4 Å². The van der Waals surface area contributed by atoms with Crippen LogP contribution in [0.15, 0.2) is 17.5 Å². The van der Waals surface area contributed by atoms with Gasteiger partial charge in [0.05, 0.1) is 6.61 Å². The number of carbonyl (C=O) groups excluding carboxylic acids is 1. The predicted octanol–water partition coefficient (Wildman–Crippen LogP) is 1.42. The Labute approximate surface area is 122 Å². The van der Waals surface area contributed by atoms with Gasteiger partial charge in [0, 0.05) is 31.5 Å². The second-order valence-corrected chi connectivity index (χ2v) is 5.57. The van der Waals surface area contributed by atoms with E-state index in [1.54, 1.807) is 18.4 Å². The van der Waals surface area contributed by atoms with E-state index < -0.39 is 18.0 Å². The number of urea groups is 1. The number of likely N-dealkylation sites (N-methyl/N-ethyl adjacent to an activating group) is 1. The van der Waals surface area contributed by atoms with E-state index in [4.69, 9.17) is 9.84 Å². The van der Waals surface area contributed by atoms with Crippen LogP contribution in [-0.4, -0.2) is 54.9 Å². The molecule has 20 heavy (non-hydrogen) atoms. The van der Waals surface area contributed by atoms with Gasteiger partial charge in [-0.3, -0.25) is 0 Å². The molecule has 0 spiro atoms. The highest BCUT2D eigenvalue weighted by atomic mass is 32.1. The molecular formula is C13H20N2O4S. The molecule has 1 rings (SSSR count). The topological polar surface area (TPSA) is 78.9 Å². The molecule has 0 saturated heterocycles. The number of hydrogen-bond acceptors (Lipinski definition) is 4. The molecule has 6 nitrogen and oxygen atoms in total. The van der Waals surface area contributed by atoms with Crippen molar-refractivity contribution in [3.8, 4) is 0 Å². The van der Waals surface area contributed by atoms with Gasteiger partial charge in [0.15, 0.2) is 6.04 Å². The first-order valence-electron chi connectivity index (χ1n) is 6.23. The summed E-state index contributed by atoms with van der Waals surface area (Å²) in [6.07, 6.45) is 0.740. The molecule has 0 aliphatic rings. The van der Waals surface area contributed by atoms with E-state index in [0.29, 0.717) is 0 Å². The van der Waals surface area contributed by atoms with Crippen molar-refractivity contribution in [2.45, 2.75) is 25.4 Å². The molecule has 2 N–H and O–H groups in total. The molecule has 0 saturated carbocycles. The Morgan fingerprint density at radius 3 is 2.75 bits per heavy atom. The minimum absolute atomic E-state index is 0.0226. The molecule has 0 aliphatic heterocycles. The molecule has 0 bridgehead atoms. The Hall–Kier alpha value is -1.60. The summed E-state index contributed by atoms with van der Waals surface area (Å²) in [6.45, 7) is 1.86. The number of rotatable bonds is 7. The predicted molar refractivity (Wildman–Crippen MR) is 77.1 cm³/mol. The number of nitrogens with one attached hydrogen (secondary N) is 1. The lowest BCUT2D eigenvalue weighted by molar-refractivity contribution is -0.140. The maximum absolute atomic E-state index is 12.0. The molecule has 1 heterocycles. The number of ether oxygens (including phenoxy) is 1. The summed E-state index contributed by atoms with van der Waals surface area (Å²) < 4.78 is 4.78. The molecule has 0 aliphatic carbocycles. The van der Waals surface area contributed by atoms with Gasteiger partial charge in [-0.25, -0.2) is 9.59 Å². The highest BCUT2D eigenvalue weighted by Gasteiger charge is 2.23. The van der Waals surface area contributed by atoms with Crippen LogP contribution in [0.25, 0.3) is 0 Å². The Morgan fingerprint density at radius 2 is 2.25 bits per heavy atom. The summed E-state index contributed by atoms with van der Waals surface area (Å²) in [7, 11) is 3.05. The lowest BCUT2D eigenvalue weighted by Crippen LogP contribution is -2.51. The Balaban J connectivity index is 2.54. The minimum Gasteiger partial charge on any atom is -0.480 e. The van der Waals surface area contributed by atoms with Crippen molar-refractivity contribution in [2.75, 3.05) is 20.8 Å². The maximum atomic E-state index is 12.0. The number of hydrogen-bond donors (Lipinski definition) is 2. The van der Waals surface area contributed by atoms with E-state index in [9.17, 15) is 9.59 Å². The number of methoxy groups -OCH3 is 1. The van der Waals surface area contributed by atoms with E-state index >= 15 is 0 Å². The van der Waals surface area contributed by atoms with Crippen LogP contribution in [-0.2, 0) is 16.0 Å². The minimum atomic E-state index is -1.11. The molecular weight excluding hydrogens is 280 g/mol. The molecule has 1 aromatic rings. The van der Waals surface area contributed by atoms with Gasteiger partial charge in [-0.05, 0) is 18.4 Å². The number of carbonyl (C=O) groups is 2. The number of thiophene rings is 1. The zero-order valence-corrected chi connectivity index (χ0v) is 12.6. The van der Waals surface area contributed by atoms with E-state index in [0.717, 1.165) is 6.42 Å². The van der Waals surface area contributed by atoms with Crippen molar-refractivity contribution in [2.24, 2.45) is 0 Å². The van der Waals surface area contributed by atoms with Crippen LogP contribution in [0.1, 0.15) is 11.8 Å². The van der Waals surface area contributed by atoms with Crippen LogP contribution in [0.3, 0.4) is 0 Å². The largest absolute Gasteiger partial charge is 0.480 e. The molecule has 2 atom stereocenters. The second-order valence-electron chi connectivity index (χ2n) is 4.54. The van der Waals surface area contributed by atoms with Crippen LogP contribution >= 0.6 is 11.3 Å². The zero-order valence-electron chi connectivity index (χ0n) is 11.8. The van der Waals surface area contributed by atoms with Gasteiger partial charge >= 0.3 is 12.0 Å². The normalized spacial score (nSPS) is 13.6. The summed E-state index contributed by atoms with van der Waals surface area (Å²) in [6, 6.07) is 2.50. The number of amides is 2. The average molecular weight is 300 g/mol. The standard InChI is InChI=1S/C13H20N2O4S/c1-9(7-10-5-4-6-20-10)15(2)13(18)14-11(8-19-3)12(16)17/h4-6,9,11H,7-8H2,1-3H3,(H,14,18)(H,16,17). The van der Waals surface area contributed by atoms with Crippen LogP contribution in [0.2, 0.25) is 0 Å². The fraction of sp³-hybridized carbons (Fsp3) is 0.538. The van der Waals surface area contributed by atoms with Crippen LogP contribution in [0, 0.1) is 0 Å². The Bertz CT molecular complexity index is 436. The Kier molecular flexibility index (Phi) is 6.47. The molecule has 7 heteroatoms. The summed E-state index contributed by atoms with van der Waals surface area (Å²) in [4.78, 5) is 25.7. The van der Waals surface area contributed by atoms with E-state index in [-0.39, 0.29) is 12.6 Å². The fourth-order valence-electron chi connectivity index (χ4n) is 1.65. The smallest absolute Gasteiger partial charge is 0.328 e. The summed E-state index contributed by atoms with van der Waals surface area (Å²) in [5, 5.41) is 13.4. The molecule has 2 amide bonds. The van der Waals surface area contributed by atoms with Gasteiger partial charge in [-0.1, -0.05) is 6.07 Å². The van der Waals surface area contributed by atoms with E-state index in [1.165, 1.54) is 16.9 Å². The first-order chi connectivity index (χ1) is 9.45. The Morgan fingerprint density at radius 1 is 1.55 bits per heavy atom. The van der Waals surface area contributed by atoms with Gasteiger partial charge in [-0.15, -0.1) is 11.3 Å². The van der Waals surface area contributed by atoms with Crippen molar-refractivity contribution in [1.82, 2.24) is 10.2 Å². The number of nitrogens with zero attached hydrogens (tertiary/aromatic N) is 1. The summed E-state index contributed by atoms with van der Waals surface area (Å²) >= 11 is 1.63. The molecule has 112 valence electrons. The van der Waals surface area contributed by atoms with E-state index in [2.05, 4.69) is 5.32 Å². The first kappa shape index (κ1) is 16.5. The van der Waals surface area contributed by atoms with Crippen LogP contribution in [0.4, 0.5) is 4.79 Å². The first-order valence-corrected chi connectivity index (χ1v) is 7.11. The lowest BCUT2D eigenvalue weighted by Gasteiger charge is -2.26. The third-order valence-corrected chi connectivity index (χ3v) is 3.89. The quantitative estimate of drug-likeness (QED) is 0.798. The van der Waals surface area contributed by atoms with Gasteiger partial charge in [0.2, 0.25) is 0 Å². The molecule has 0 radical (unpaired) electrons. The third kappa shape index (κ3) is 4.82. The van der Waals surface area contributed by atoms with Crippen molar-refractivity contribution < 1.29 is 19.4 Å². The SMILES string of the molecule is COCC(NC(=O)N(C)C(C)Cc1cccs1)C(=O)O. The molecule has 2 unspecified atom stereocenters. The average Bonchev–Trinajstić information content (AvgIpc) is 2.89. The highest BCUT2D eigenvalue weighted by molar-refractivity contribution is 7.09. The summed E-state index contributed by atoms with van der Waals surface area (Å²) in [5.74, 6) is -1.11.